The fraction of sp³-hybridized carbons (Fsp3) is 0.462. The number of rotatable bonds is 6. The van der Waals surface area contributed by atoms with E-state index in [0.29, 0.717) is 12.4 Å². The predicted molar refractivity (Wildman–Crippen MR) is 61.9 cm³/mol. The first kappa shape index (κ1) is 11.9. The first-order valence-corrected chi connectivity index (χ1v) is 5.68. The summed E-state index contributed by atoms with van der Waals surface area (Å²) >= 11 is 0. The highest BCUT2D eigenvalue weighted by molar-refractivity contribution is 5.73. The van der Waals surface area contributed by atoms with Crippen molar-refractivity contribution in [3.8, 4) is 5.75 Å². The Balaban J connectivity index is 2.05. The minimum absolute atomic E-state index is 0.165. The third kappa shape index (κ3) is 3.20. The van der Waals surface area contributed by atoms with E-state index in [1.807, 2.05) is 18.2 Å². The van der Waals surface area contributed by atoms with Gasteiger partial charge in [-0.05, 0) is 30.5 Å². The van der Waals surface area contributed by atoms with Crippen molar-refractivity contribution >= 4 is 5.97 Å². The number of carboxylic acids is 1. The molecule has 0 aromatic heterocycles. The van der Waals surface area contributed by atoms with Gasteiger partial charge in [-0.3, -0.25) is 0 Å². The molecule has 0 radical (unpaired) electrons. The molecule has 0 amide bonds. The topological polar surface area (TPSA) is 55.8 Å². The predicted octanol–water partition coefficient (Wildman–Crippen LogP) is 2.08. The Kier molecular flexibility index (Phi) is 3.64. The lowest BCUT2D eigenvalue weighted by molar-refractivity contribution is -0.146. The molecule has 4 heteroatoms. The van der Waals surface area contributed by atoms with E-state index in [4.69, 9.17) is 14.6 Å². The Bertz CT molecular complexity index is 398. The Morgan fingerprint density at radius 2 is 2.29 bits per heavy atom. The van der Waals surface area contributed by atoms with Gasteiger partial charge in [-0.15, -0.1) is 0 Å². The number of carboxylic acid groups (broad SMARTS) is 1. The lowest BCUT2D eigenvalue weighted by atomic mass is 10.2. The summed E-state index contributed by atoms with van der Waals surface area (Å²) in [4.78, 5) is 11.0. The number of aliphatic carboxylic acids is 1. The molecule has 0 spiro atoms. The second-order valence-corrected chi connectivity index (χ2v) is 4.29. The summed E-state index contributed by atoms with van der Waals surface area (Å²) in [6.07, 6.45) is 1.16. The third-order valence-electron chi connectivity index (χ3n) is 2.77. The van der Waals surface area contributed by atoms with Crippen LogP contribution in [0.1, 0.15) is 18.4 Å². The number of hydrogen-bond donors (Lipinski definition) is 1. The van der Waals surface area contributed by atoms with Gasteiger partial charge < -0.3 is 14.6 Å². The van der Waals surface area contributed by atoms with Gasteiger partial charge in [0.15, 0.2) is 6.10 Å². The smallest absolute Gasteiger partial charge is 0.345 e. The molecule has 1 N–H and O–H groups in total. The van der Waals surface area contributed by atoms with Crippen LogP contribution < -0.4 is 4.74 Å². The number of carbonyl (C=O) groups is 1. The lowest BCUT2D eigenvalue weighted by Crippen LogP contribution is -2.29. The van der Waals surface area contributed by atoms with Crippen molar-refractivity contribution in [1.29, 1.82) is 0 Å². The van der Waals surface area contributed by atoms with Crippen molar-refractivity contribution in [3.05, 3.63) is 29.8 Å². The van der Waals surface area contributed by atoms with Crippen LogP contribution in [0.5, 0.6) is 5.75 Å². The molecule has 1 unspecified atom stereocenters. The molecular formula is C13H16O4. The fourth-order valence-electron chi connectivity index (χ4n) is 1.77. The van der Waals surface area contributed by atoms with Gasteiger partial charge in [-0.1, -0.05) is 12.1 Å². The maximum Gasteiger partial charge on any atom is 0.345 e. The molecule has 0 saturated heterocycles. The van der Waals surface area contributed by atoms with Crippen LogP contribution in [-0.4, -0.2) is 24.3 Å². The van der Waals surface area contributed by atoms with Crippen LogP contribution in [0.4, 0.5) is 0 Å². The van der Waals surface area contributed by atoms with Crippen molar-refractivity contribution in [2.45, 2.75) is 25.6 Å². The number of benzene rings is 1. The Morgan fingerprint density at radius 1 is 1.53 bits per heavy atom. The van der Waals surface area contributed by atoms with Gasteiger partial charge in [0.05, 0.1) is 6.61 Å². The zero-order chi connectivity index (χ0) is 12.3. The average Bonchev–Trinajstić information content (AvgIpc) is 3.10. The molecular weight excluding hydrogens is 220 g/mol. The third-order valence-corrected chi connectivity index (χ3v) is 2.77. The summed E-state index contributed by atoms with van der Waals surface area (Å²) in [7, 11) is 1.62. The van der Waals surface area contributed by atoms with E-state index in [0.717, 1.165) is 18.4 Å². The highest BCUT2D eigenvalue weighted by atomic mass is 16.5. The van der Waals surface area contributed by atoms with Crippen molar-refractivity contribution in [1.82, 2.24) is 0 Å². The summed E-state index contributed by atoms with van der Waals surface area (Å²) in [6.45, 7) is 0.498. The molecule has 1 fully saturated rings. The Hall–Kier alpha value is -1.55. The van der Waals surface area contributed by atoms with Crippen molar-refractivity contribution in [2.24, 2.45) is 5.92 Å². The fourth-order valence-corrected chi connectivity index (χ4v) is 1.77. The van der Waals surface area contributed by atoms with E-state index < -0.39 is 12.1 Å². The summed E-state index contributed by atoms with van der Waals surface area (Å²) < 4.78 is 10.6. The molecule has 0 heterocycles. The lowest BCUT2D eigenvalue weighted by Gasteiger charge is -2.14. The van der Waals surface area contributed by atoms with Crippen molar-refractivity contribution < 1.29 is 19.4 Å². The van der Waals surface area contributed by atoms with E-state index >= 15 is 0 Å². The molecule has 1 aromatic carbocycles. The van der Waals surface area contributed by atoms with E-state index in [9.17, 15) is 4.79 Å². The first-order valence-electron chi connectivity index (χ1n) is 5.68. The quantitative estimate of drug-likeness (QED) is 0.821. The summed E-state index contributed by atoms with van der Waals surface area (Å²) in [5, 5.41) is 9.07. The van der Waals surface area contributed by atoms with Gasteiger partial charge in [0.2, 0.25) is 0 Å². The zero-order valence-electron chi connectivity index (χ0n) is 9.76. The monoisotopic (exact) mass is 236 g/mol. The number of methoxy groups -OCH3 is 1. The highest BCUT2D eigenvalue weighted by Crippen LogP contribution is 2.35. The first-order chi connectivity index (χ1) is 8.20. The Morgan fingerprint density at radius 3 is 2.88 bits per heavy atom. The van der Waals surface area contributed by atoms with Gasteiger partial charge in [-0.25, -0.2) is 4.79 Å². The average molecular weight is 236 g/mol. The Labute approximate surface area is 100 Å². The van der Waals surface area contributed by atoms with Gasteiger partial charge in [0, 0.05) is 13.0 Å². The standard InChI is InChI=1S/C13H16O4/c1-16-8-9-3-2-4-11(7-9)17-12(13(14)15)10-5-6-10/h2-4,7,10,12H,5-6,8H2,1H3,(H,14,15). The normalized spacial score (nSPS) is 16.5. The van der Waals surface area contributed by atoms with E-state index in [2.05, 4.69) is 0 Å². The van der Waals surface area contributed by atoms with E-state index in [-0.39, 0.29) is 5.92 Å². The van der Waals surface area contributed by atoms with Crippen LogP contribution in [0.25, 0.3) is 0 Å². The molecule has 2 rings (SSSR count). The van der Waals surface area contributed by atoms with Crippen LogP contribution in [0.2, 0.25) is 0 Å². The summed E-state index contributed by atoms with van der Waals surface area (Å²) in [5.41, 5.74) is 0.977. The molecule has 0 aliphatic heterocycles. The molecule has 17 heavy (non-hydrogen) atoms. The van der Waals surface area contributed by atoms with E-state index in [1.54, 1.807) is 13.2 Å². The van der Waals surface area contributed by atoms with Crippen LogP contribution in [-0.2, 0) is 16.1 Å². The van der Waals surface area contributed by atoms with Gasteiger partial charge >= 0.3 is 5.97 Å². The highest BCUT2D eigenvalue weighted by Gasteiger charge is 2.38. The zero-order valence-corrected chi connectivity index (χ0v) is 9.76. The number of ether oxygens (including phenoxy) is 2. The van der Waals surface area contributed by atoms with Crippen LogP contribution in [0.3, 0.4) is 0 Å². The second-order valence-electron chi connectivity index (χ2n) is 4.29. The summed E-state index contributed by atoms with van der Waals surface area (Å²) in [6, 6.07) is 7.36. The van der Waals surface area contributed by atoms with Gasteiger partial charge in [0.1, 0.15) is 5.75 Å². The van der Waals surface area contributed by atoms with Crippen LogP contribution >= 0.6 is 0 Å². The largest absolute Gasteiger partial charge is 0.478 e. The molecule has 4 nitrogen and oxygen atoms in total. The number of hydrogen-bond acceptors (Lipinski definition) is 3. The van der Waals surface area contributed by atoms with E-state index in [1.165, 1.54) is 0 Å². The summed E-state index contributed by atoms with van der Waals surface area (Å²) in [5.74, 6) is -0.123. The SMILES string of the molecule is COCc1cccc(OC(C(=O)O)C2CC2)c1. The van der Waals surface area contributed by atoms with Crippen molar-refractivity contribution in [3.63, 3.8) is 0 Å². The molecule has 92 valence electrons. The second kappa shape index (κ2) is 5.19. The molecule has 1 aliphatic rings. The molecule has 1 aromatic rings. The maximum absolute atomic E-state index is 11.0. The minimum atomic E-state index is -0.885. The van der Waals surface area contributed by atoms with Crippen LogP contribution in [0.15, 0.2) is 24.3 Å². The molecule has 1 saturated carbocycles. The van der Waals surface area contributed by atoms with Crippen molar-refractivity contribution in [2.75, 3.05) is 7.11 Å². The maximum atomic E-state index is 11.0. The van der Waals surface area contributed by atoms with Gasteiger partial charge in [-0.2, -0.15) is 0 Å². The minimum Gasteiger partial charge on any atom is -0.478 e. The molecule has 0 bridgehead atoms. The molecule has 1 aliphatic carbocycles. The van der Waals surface area contributed by atoms with Crippen LogP contribution in [0, 0.1) is 5.92 Å². The van der Waals surface area contributed by atoms with Gasteiger partial charge in [0.25, 0.3) is 0 Å². The molecule has 1 atom stereocenters.